The number of hydrogen-bond donors (Lipinski definition) is 1. The number of hydrogen-bond acceptors (Lipinski definition) is 4. The van der Waals surface area contributed by atoms with Crippen LogP contribution in [0.3, 0.4) is 0 Å². The van der Waals surface area contributed by atoms with E-state index < -0.39 is 0 Å². The van der Waals surface area contributed by atoms with Crippen LogP contribution in [0.4, 0.5) is 0 Å². The van der Waals surface area contributed by atoms with Crippen molar-refractivity contribution < 1.29 is 4.79 Å². The van der Waals surface area contributed by atoms with Gasteiger partial charge in [0.25, 0.3) is 5.91 Å². The van der Waals surface area contributed by atoms with Gasteiger partial charge in [0.05, 0.1) is 10.7 Å². The summed E-state index contributed by atoms with van der Waals surface area (Å²) in [7, 11) is 0. The Morgan fingerprint density at radius 1 is 1.50 bits per heavy atom. The van der Waals surface area contributed by atoms with Gasteiger partial charge in [0.2, 0.25) is 0 Å². The highest BCUT2D eigenvalue weighted by Gasteiger charge is 2.11. The fourth-order valence-electron chi connectivity index (χ4n) is 1.63. The summed E-state index contributed by atoms with van der Waals surface area (Å²) in [6, 6.07) is 1.89. The SMILES string of the molecule is Cc1nc(C)c(CCNC(=O)c2sccc2Br)s1. The molecule has 0 aromatic carbocycles. The maximum absolute atomic E-state index is 11.9. The molecule has 3 nitrogen and oxygen atoms in total. The third-order valence-electron chi connectivity index (χ3n) is 2.46. The van der Waals surface area contributed by atoms with Crippen LogP contribution in [-0.2, 0) is 6.42 Å². The number of carbonyl (C=O) groups is 1. The van der Waals surface area contributed by atoms with Crippen LogP contribution in [0.15, 0.2) is 15.9 Å². The molecule has 0 saturated carbocycles. The van der Waals surface area contributed by atoms with Crippen molar-refractivity contribution in [3.8, 4) is 0 Å². The van der Waals surface area contributed by atoms with Gasteiger partial charge in [-0.15, -0.1) is 22.7 Å². The molecule has 1 N–H and O–H groups in total. The molecule has 0 bridgehead atoms. The van der Waals surface area contributed by atoms with E-state index in [0.29, 0.717) is 6.54 Å². The summed E-state index contributed by atoms with van der Waals surface area (Å²) in [4.78, 5) is 18.2. The maximum atomic E-state index is 11.9. The van der Waals surface area contributed by atoms with Gasteiger partial charge in [-0.2, -0.15) is 0 Å². The molecule has 0 aliphatic rings. The molecule has 2 rings (SSSR count). The van der Waals surface area contributed by atoms with Gasteiger partial charge in [-0.25, -0.2) is 4.98 Å². The number of amides is 1. The summed E-state index contributed by atoms with van der Waals surface area (Å²) >= 11 is 6.50. The Kier molecular flexibility index (Phi) is 4.53. The zero-order valence-electron chi connectivity index (χ0n) is 10.1. The summed E-state index contributed by atoms with van der Waals surface area (Å²) in [5.74, 6) is -0.0178. The summed E-state index contributed by atoms with van der Waals surface area (Å²) in [6.07, 6.45) is 0.839. The largest absolute Gasteiger partial charge is 0.351 e. The van der Waals surface area contributed by atoms with Crippen molar-refractivity contribution in [3.05, 3.63) is 36.4 Å². The molecule has 2 aromatic heterocycles. The zero-order valence-corrected chi connectivity index (χ0v) is 13.3. The molecule has 0 aliphatic carbocycles. The van der Waals surface area contributed by atoms with Crippen LogP contribution in [0.25, 0.3) is 0 Å². The Hall–Kier alpha value is -0.720. The summed E-state index contributed by atoms with van der Waals surface area (Å²) in [5, 5.41) is 5.91. The standard InChI is InChI=1S/C12H13BrN2OS2/c1-7-10(18-8(2)15-7)3-5-14-12(16)11-9(13)4-6-17-11/h4,6H,3,5H2,1-2H3,(H,14,16). The minimum atomic E-state index is -0.0178. The summed E-state index contributed by atoms with van der Waals surface area (Å²) in [6.45, 7) is 4.66. The summed E-state index contributed by atoms with van der Waals surface area (Å²) in [5.41, 5.74) is 1.07. The van der Waals surface area contributed by atoms with Gasteiger partial charge in [-0.05, 0) is 41.2 Å². The number of thiophene rings is 1. The minimum Gasteiger partial charge on any atom is -0.351 e. The molecule has 0 saturated heterocycles. The monoisotopic (exact) mass is 344 g/mol. The van der Waals surface area contributed by atoms with Gasteiger partial charge in [0.15, 0.2) is 0 Å². The predicted molar refractivity (Wildman–Crippen MR) is 79.6 cm³/mol. The van der Waals surface area contributed by atoms with Crippen molar-refractivity contribution in [1.82, 2.24) is 10.3 Å². The first-order valence-corrected chi connectivity index (χ1v) is 8.01. The van der Waals surface area contributed by atoms with Gasteiger partial charge in [0, 0.05) is 22.3 Å². The molecule has 0 radical (unpaired) electrons. The second-order valence-electron chi connectivity index (χ2n) is 3.85. The van der Waals surface area contributed by atoms with Crippen molar-refractivity contribution in [2.75, 3.05) is 6.54 Å². The van der Waals surface area contributed by atoms with Crippen LogP contribution < -0.4 is 5.32 Å². The lowest BCUT2D eigenvalue weighted by Crippen LogP contribution is -2.25. The van der Waals surface area contributed by atoms with Crippen LogP contribution in [0.1, 0.15) is 25.3 Å². The van der Waals surface area contributed by atoms with Crippen LogP contribution >= 0.6 is 38.6 Å². The van der Waals surface area contributed by atoms with Gasteiger partial charge >= 0.3 is 0 Å². The molecule has 96 valence electrons. The normalized spacial score (nSPS) is 10.6. The predicted octanol–water partition coefficient (Wildman–Crippen LogP) is 3.56. The number of aromatic nitrogens is 1. The Morgan fingerprint density at radius 2 is 2.28 bits per heavy atom. The molecule has 2 aromatic rings. The van der Waals surface area contributed by atoms with Gasteiger partial charge in [-0.3, -0.25) is 4.79 Å². The number of nitrogens with zero attached hydrogens (tertiary/aromatic N) is 1. The molecular formula is C12H13BrN2OS2. The highest BCUT2D eigenvalue weighted by molar-refractivity contribution is 9.10. The highest BCUT2D eigenvalue weighted by Crippen LogP contribution is 2.22. The van der Waals surface area contributed by atoms with Crippen molar-refractivity contribution in [2.45, 2.75) is 20.3 Å². The van der Waals surface area contributed by atoms with E-state index in [-0.39, 0.29) is 5.91 Å². The van der Waals surface area contributed by atoms with E-state index in [9.17, 15) is 4.79 Å². The zero-order chi connectivity index (χ0) is 13.1. The molecule has 1 amide bonds. The molecular weight excluding hydrogens is 332 g/mol. The lowest BCUT2D eigenvalue weighted by molar-refractivity contribution is 0.0957. The minimum absolute atomic E-state index is 0.0178. The van der Waals surface area contributed by atoms with Crippen LogP contribution in [0.2, 0.25) is 0 Å². The van der Waals surface area contributed by atoms with Crippen LogP contribution in [0.5, 0.6) is 0 Å². The average molecular weight is 345 g/mol. The Morgan fingerprint density at radius 3 is 2.83 bits per heavy atom. The van der Waals surface area contributed by atoms with Crippen molar-refractivity contribution in [1.29, 1.82) is 0 Å². The first kappa shape index (κ1) is 13.7. The number of carbonyl (C=O) groups excluding carboxylic acids is 1. The van der Waals surface area contributed by atoms with E-state index in [4.69, 9.17) is 0 Å². The Bertz CT molecular complexity index is 562. The number of aryl methyl sites for hydroxylation is 2. The first-order valence-electron chi connectivity index (χ1n) is 5.52. The van der Waals surface area contributed by atoms with Crippen LogP contribution in [-0.4, -0.2) is 17.4 Å². The molecule has 0 aliphatic heterocycles. The topological polar surface area (TPSA) is 42.0 Å². The van der Waals surface area contributed by atoms with Gasteiger partial charge in [-0.1, -0.05) is 0 Å². The van der Waals surface area contributed by atoms with E-state index in [1.807, 2.05) is 25.3 Å². The van der Waals surface area contributed by atoms with Gasteiger partial charge < -0.3 is 5.32 Å². The lowest BCUT2D eigenvalue weighted by atomic mass is 10.3. The first-order chi connectivity index (χ1) is 8.58. The van der Waals surface area contributed by atoms with Crippen molar-refractivity contribution >= 4 is 44.5 Å². The molecule has 0 spiro atoms. The number of halogens is 1. The fourth-order valence-corrected chi connectivity index (χ4v) is 4.04. The van der Waals surface area contributed by atoms with E-state index >= 15 is 0 Å². The quantitative estimate of drug-likeness (QED) is 0.921. The van der Waals surface area contributed by atoms with Crippen molar-refractivity contribution in [3.63, 3.8) is 0 Å². The molecule has 0 unspecified atom stereocenters. The second-order valence-corrected chi connectivity index (χ2v) is 6.90. The van der Waals surface area contributed by atoms with E-state index in [1.165, 1.54) is 16.2 Å². The molecule has 0 atom stereocenters. The molecule has 18 heavy (non-hydrogen) atoms. The molecule has 6 heteroatoms. The van der Waals surface area contributed by atoms with E-state index in [0.717, 1.165) is 26.5 Å². The summed E-state index contributed by atoms with van der Waals surface area (Å²) < 4.78 is 0.856. The third-order valence-corrected chi connectivity index (χ3v) is 5.43. The van der Waals surface area contributed by atoms with E-state index in [2.05, 4.69) is 26.2 Å². The smallest absolute Gasteiger partial charge is 0.262 e. The fraction of sp³-hybridized carbons (Fsp3) is 0.333. The number of nitrogens with one attached hydrogen (secondary N) is 1. The van der Waals surface area contributed by atoms with E-state index in [1.54, 1.807) is 11.3 Å². The second kappa shape index (κ2) is 5.95. The van der Waals surface area contributed by atoms with Crippen LogP contribution in [0, 0.1) is 13.8 Å². The van der Waals surface area contributed by atoms with Gasteiger partial charge in [0.1, 0.15) is 4.88 Å². The number of rotatable bonds is 4. The molecule has 2 heterocycles. The average Bonchev–Trinajstić information content (AvgIpc) is 2.85. The Balaban J connectivity index is 1.88. The Labute approximate surface area is 122 Å². The number of thiazole rings is 1. The van der Waals surface area contributed by atoms with Crippen molar-refractivity contribution in [2.24, 2.45) is 0 Å². The molecule has 0 fully saturated rings. The highest BCUT2D eigenvalue weighted by atomic mass is 79.9. The maximum Gasteiger partial charge on any atom is 0.262 e. The lowest BCUT2D eigenvalue weighted by Gasteiger charge is -2.03. The third kappa shape index (κ3) is 3.18.